The fourth-order valence-corrected chi connectivity index (χ4v) is 2.78. The van der Waals surface area contributed by atoms with Crippen LogP contribution in [-0.4, -0.2) is 22.8 Å². The van der Waals surface area contributed by atoms with Crippen molar-refractivity contribution in [2.24, 2.45) is 0 Å². The number of carboxylic acid groups (broad SMARTS) is 1. The van der Waals surface area contributed by atoms with Gasteiger partial charge in [0.15, 0.2) is 0 Å². The number of rotatable bonds is 17. The zero-order valence-corrected chi connectivity index (χ0v) is 15.2. The Balaban J connectivity index is 3.11. The van der Waals surface area contributed by atoms with Crippen LogP contribution >= 0.6 is 0 Å². The first kappa shape index (κ1) is 22.2. The second kappa shape index (κ2) is 17.5. The highest BCUT2D eigenvalue weighted by atomic mass is 16.4. The summed E-state index contributed by atoms with van der Waals surface area (Å²) in [6.45, 7) is 2.01. The Hall–Kier alpha value is -0.830. The Bertz CT molecular complexity index is 297. The normalized spacial score (nSPS) is 11.8. The molecular formula is C20H38O3. The third-order valence-corrected chi connectivity index (χ3v) is 4.40. The van der Waals surface area contributed by atoms with Gasteiger partial charge < -0.3 is 10.2 Å². The smallest absolute Gasteiger partial charge is 0.330 e. The predicted molar refractivity (Wildman–Crippen MR) is 97.7 cm³/mol. The van der Waals surface area contributed by atoms with E-state index in [0.717, 1.165) is 19.3 Å². The van der Waals surface area contributed by atoms with Crippen molar-refractivity contribution in [1.82, 2.24) is 0 Å². The Morgan fingerprint density at radius 2 is 1.04 bits per heavy atom. The van der Waals surface area contributed by atoms with Crippen LogP contribution in [0.3, 0.4) is 0 Å². The minimum atomic E-state index is -0.796. The van der Waals surface area contributed by atoms with Crippen LogP contribution in [0.15, 0.2) is 11.6 Å². The molecule has 0 aliphatic carbocycles. The molecule has 0 aromatic rings. The summed E-state index contributed by atoms with van der Waals surface area (Å²) >= 11 is 0. The van der Waals surface area contributed by atoms with E-state index < -0.39 is 5.97 Å². The van der Waals surface area contributed by atoms with Crippen LogP contribution in [0.2, 0.25) is 0 Å². The molecule has 0 aromatic heterocycles. The van der Waals surface area contributed by atoms with Crippen molar-refractivity contribution in [3.8, 4) is 0 Å². The lowest BCUT2D eigenvalue weighted by Gasteiger charge is -2.03. The summed E-state index contributed by atoms with van der Waals surface area (Å²) in [6, 6.07) is 0. The average Bonchev–Trinajstić information content (AvgIpc) is 2.54. The predicted octanol–water partition coefficient (Wildman–Crippen LogP) is 5.86. The van der Waals surface area contributed by atoms with Gasteiger partial charge in [-0.2, -0.15) is 0 Å². The van der Waals surface area contributed by atoms with E-state index in [9.17, 15) is 4.79 Å². The molecule has 0 saturated carbocycles. The maximum absolute atomic E-state index is 10.6. The van der Waals surface area contributed by atoms with Crippen LogP contribution < -0.4 is 0 Å². The molecule has 0 amide bonds. The number of aliphatic hydroxyl groups is 1. The number of aliphatic hydroxyl groups excluding tert-OH is 1. The van der Waals surface area contributed by atoms with Crippen LogP contribution in [0, 0.1) is 0 Å². The molecule has 2 N–H and O–H groups in total. The van der Waals surface area contributed by atoms with Crippen molar-refractivity contribution in [2.45, 2.75) is 103 Å². The summed E-state index contributed by atoms with van der Waals surface area (Å²) in [6.07, 6.45) is 20.6. The zero-order chi connectivity index (χ0) is 17.2. The SMILES string of the molecule is C/C(=C\CCCCCCCCCCCCCCCCO)C(=O)O. The van der Waals surface area contributed by atoms with Crippen molar-refractivity contribution in [3.05, 3.63) is 11.6 Å². The number of hydrogen-bond acceptors (Lipinski definition) is 2. The molecule has 0 aliphatic heterocycles. The van der Waals surface area contributed by atoms with Crippen LogP contribution in [-0.2, 0) is 4.79 Å². The molecule has 0 aromatic carbocycles. The molecule has 3 heteroatoms. The van der Waals surface area contributed by atoms with Gasteiger partial charge in [0.05, 0.1) is 0 Å². The molecule has 0 saturated heterocycles. The lowest BCUT2D eigenvalue weighted by atomic mass is 10.0. The number of carboxylic acids is 1. The van der Waals surface area contributed by atoms with E-state index in [0.29, 0.717) is 12.2 Å². The number of hydrogen-bond donors (Lipinski definition) is 2. The van der Waals surface area contributed by atoms with Gasteiger partial charge in [-0.3, -0.25) is 0 Å². The van der Waals surface area contributed by atoms with Crippen LogP contribution in [0.25, 0.3) is 0 Å². The summed E-state index contributed by atoms with van der Waals surface area (Å²) in [7, 11) is 0. The molecule has 3 nitrogen and oxygen atoms in total. The molecule has 0 atom stereocenters. The summed E-state index contributed by atoms with van der Waals surface area (Å²) in [5, 5.41) is 17.4. The standard InChI is InChI=1S/C20H38O3/c1-19(20(22)23)17-15-13-11-9-7-5-3-2-4-6-8-10-12-14-16-18-21/h17,21H,2-16,18H2,1H3,(H,22,23)/b19-17+. The minimum absolute atomic E-state index is 0.346. The molecule has 136 valence electrons. The van der Waals surface area contributed by atoms with Gasteiger partial charge >= 0.3 is 5.97 Å². The van der Waals surface area contributed by atoms with Crippen LogP contribution in [0.1, 0.15) is 103 Å². The number of unbranched alkanes of at least 4 members (excludes halogenated alkanes) is 14. The molecule has 0 aliphatic rings. The monoisotopic (exact) mass is 326 g/mol. The molecule has 0 fully saturated rings. The highest BCUT2D eigenvalue weighted by molar-refractivity contribution is 5.85. The Morgan fingerprint density at radius 1 is 0.696 bits per heavy atom. The second-order valence-electron chi connectivity index (χ2n) is 6.65. The fourth-order valence-electron chi connectivity index (χ4n) is 2.78. The van der Waals surface area contributed by atoms with Crippen molar-refractivity contribution in [3.63, 3.8) is 0 Å². The third kappa shape index (κ3) is 17.4. The third-order valence-electron chi connectivity index (χ3n) is 4.40. The van der Waals surface area contributed by atoms with Gasteiger partial charge in [-0.1, -0.05) is 83.1 Å². The topological polar surface area (TPSA) is 57.5 Å². The first-order valence-electron chi connectivity index (χ1n) is 9.69. The molecule has 0 radical (unpaired) electrons. The second-order valence-corrected chi connectivity index (χ2v) is 6.65. The van der Waals surface area contributed by atoms with Crippen molar-refractivity contribution >= 4 is 5.97 Å². The van der Waals surface area contributed by atoms with Crippen molar-refractivity contribution in [2.75, 3.05) is 6.61 Å². The van der Waals surface area contributed by atoms with Gasteiger partial charge in [0, 0.05) is 12.2 Å². The van der Waals surface area contributed by atoms with E-state index in [-0.39, 0.29) is 0 Å². The summed E-state index contributed by atoms with van der Waals surface area (Å²) in [5.74, 6) is -0.796. The maximum atomic E-state index is 10.6. The zero-order valence-electron chi connectivity index (χ0n) is 15.2. The molecule has 0 rings (SSSR count). The number of allylic oxidation sites excluding steroid dienone is 1. The summed E-state index contributed by atoms with van der Waals surface area (Å²) in [5.41, 5.74) is 0.471. The largest absolute Gasteiger partial charge is 0.478 e. The van der Waals surface area contributed by atoms with Gasteiger partial charge in [0.25, 0.3) is 0 Å². The average molecular weight is 327 g/mol. The first-order valence-corrected chi connectivity index (χ1v) is 9.69. The van der Waals surface area contributed by atoms with Crippen LogP contribution in [0.4, 0.5) is 0 Å². The first-order chi connectivity index (χ1) is 11.2. The van der Waals surface area contributed by atoms with E-state index in [1.165, 1.54) is 77.0 Å². The van der Waals surface area contributed by atoms with Gasteiger partial charge in [-0.25, -0.2) is 4.79 Å². The molecule has 0 spiro atoms. The number of carbonyl (C=O) groups is 1. The maximum Gasteiger partial charge on any atom is 0.330 e. The molecule has 0 unspecified atom stereocenters. The lowest BCUT2D eigenvalue weighted by Crippen LogP contribution is -1.95. The number of aliphatic carboxylic acids is 1. The Morgan fingerprint density at radius 3 is 1.39 bits per heavy atom. The van der Waals surface area contributed by atoms with Gasteiger partial charge in [-0.15, -0.1) is 0 Å². The molecule has 0 bridgehead atoms. The molecule has 23 heavy (non-hydrogen) atoms. The Kier molecular flexibility index (Phi) is 16.9. The molecule has 0 heterocycles. The summed E-state index contributed by atoms with van der Waals surface area (Å²) in [4.78, 5) is 10.6. The fraction of sp³-hybridized carbons (Fsp3) is 0.850. The summed E-state index contributed by atoms with van der Waals surface area (Å²) < 4.78 is 0. The van der Waals surface area contributed by atoms with Crippen molar-refractivity contribution in [1.29, 1.82) is 0 Å². The molecular weight excluding hydrogens is 288 g/mol. The van der Waals surface area contributed by atoms with Crippen LogP contribution in [0.5, 0.6) is 0 Å². The lowest BCUT2D eigenvalue weighted by molar-refractivity contribution is -0.132. The highest BCUT2D eigenvalue weighted by Crippen LogP contribution is 2.13. The van der Waals surface area contributed by atoms with E-state index in [2.05, 4.69) is 0 Å². The van der Waals surface area contributed by atoms with Gasteiger partial charge in [0.1, 0.15) is 0 Å². The van der Waals surface area contributed by atoms with Crippen molar-refractivity contribution < 1.29 is 15.0 Å². The van der Waals surface area contributed by atoms with Gasteiger partial charge in [-0.05, 0) is 26.2 Å². The van der Waals surface area contributed by atoms with E-state index in [4.69, 9.17) is 10.2 Å². The van der Waals surface area contributed by atoms with E-state index >= 15 is 0 Å². The quantitative estimate of drug-likeness (QED) is 0.260. The Labute approximate surface area is 143 Å². The van der Waals surface area contributed by atoms with E-state index in [1.807, 2.05) is 6.08 Å². The van der Waals surface area contributed by atoms with Gasteiger partial charge in [0.2, 0.25) is 0 Å². The van der Waals surface area contributed by atoms with E-state index in [1.54, 1.807) is 6.92 Å². The minimum Gasteiger partial charge on any atom is -0.478 e. The highest BCUT2D eigenvalue weighted by Gasteiger charge is 1.98.